The molecule has 7 nitrogen and oxygen atoms in total. The van der Waals surface area contributed by atoms with Crippen LogP contribution in [0.1, 0.15) is 12.5 Å². The molecular formula is C18H17FN2O5. The second-order valence-corrected chi connectivity index (χ2v) is 5.19. The first-order valence-corrected chi connectivity index (χ1v) is 7.60. The van der Waals surface area contributed by atoms with E-state index in [-0.39, 0.29) is 12.4 Å². The summed E-state index contributed by atoms with van der Waals surface area (Å²) >= 11 is 0. The summed E-state index contributed by atoms with van der Waals surface area (Å²) in [5.74, 6) is -1.34. The molecule has 0 aliphatic heterocycles. The van der Waals surface area contributed by atoms with Gasteiger partial charge in [0, 0.05) is 6.07 Å². The van der Waals surface area contributed by atoms with Gasteiger partial charge >= 0.3 is 5.97 Å². The van der Waals surface area contributed by atoms with Crippen LogP contribution < -0.4 is 14.9 Å². The number of hydrogen-bond donors (Lipinski definition) is 2. The van der Waals surface area contributed by atoms with E-state index in [1.165, 1.54) is 18.2 Å². The van der Waals surface area contributed by atoms with Gasteiger partial charge in [0.1, 0.15) is 17.3 Å². The molecule has 0 spiro atoms. The molecule has 0 radical (unpaired) electrons. The Labute approximate surface area is 149 Å². The van der Waals surface area contributed by atoms with E-state index in [0.717, 1.165) is 5.56 Å². The number of aliphatic carboxylic acids is 1. The second kappa shape index (κ2) is 9.16. The fourth-order valence-electron chi connectivity index (χ4n) is 1.89. The Morgan fingerprint density at radius 3 is 2.42 bits per heavy atom. The number of hydrogen-bond acceptors (Lipinski definition) is 5. The lowest BCUT2D eigenvalue weighted by molar-refractivity contribution is -0.139. The zero-order valence-corrected chi connectivity index (χ0v) is 13.9. The first-order chi connectivity index (χ1) is 12.4. The third-order valence-corrected chi connectivity index (χ3v) is 3.15. The Morgan fingerprint density at radius 1 is 1.08 bits per heavy atom. The van der Waals surface area contributed by atoms with Crippen LogP contribution in [0.15, 0.2) is 53.6 Å². The quantitative estimate of drug-likeness (QED) is 0.556. The molecule has 2 N–H and O–H groups in total. The van der Waals surface area contributed by atoms with Crippen LogP contribution in [0.4, 0.5) is 4.39 Å². The minimum absolute atomic E-state index is 0.248. The van der Waals surface area contributed by atoms with Crippen LogP contribution in [0.25, 0.3) is 0 Å². The van der Waals surface area contributed by atoms with E-state index in [4.69, 9.17) is 14.6 Å². The Bertz CT molecular complexity index is 805. The highest BCUT2D eigenvalue weighted by Crippen LogP contribution is 2.13. The van der Waals surface area contributed by atoms with Gasteiger partial charge in [0.2, 0.25) is 0 Å². The fraction of sp³-hybridized carbons (Fsp3) is 0.167. The number of halogens is 1. The van der Waals surface area contributed by atoms with E-state index in [1.54, 1.807) is 37.3 Å². The highest BCUT2D eigenvalue weighted by molar-refractivity contribution is 5.99. The van der Waals surface area contributed by atoms with E-state index in [1.807, 2.05) is 0 Å². The molecular weight excluding hydrogens is 343 g/mol. The summed E-state index contributed by atoms with van der Waals surface area (Å²) in [5.41, 5.74) is 3.60. The number of carboxylic acid groups (broad SMARTS) is 1. The summed E-state index contributed by atoms with van der Waals surface area (Å²) < 4.78 is 23.2. The minimum atomic E-state index is -1.06. The summed E-state index contributed by atoms with van der Waals surface area (Å²) in [4.78, 5) is 22.2. The average molecular weight is 360 g/mol. The molecule has 0 heterocycles. The molecule has 0 aromatic heterocycles. The van der Waals surface area contributed by atoms with Crippen molar-refractivity contribution >= 4 is 17.6 Å². The molecule has 0 saturated heterocycles. The summed E-state index contributed by atoms with van der Waals surface area (Å²) in [5, 5.41) is 12.5. The maximum absolute atomic E-state index is 13.0. The van der Waals surface area contributed by atoms with Crippen molar-refractivity contribution in [3.05, 3.63) is 59.9 Å². The van der Waals surface area contributed by atoms with Crippen LogP contribution in [0, 0.1) is 5.82 Å². The smallest absolute Gasteiger partial charge is 0.341 e. The van der Waals surface area contributed by atoms with Gasteiger partial charge in [-0.1, -0.05) is 6.07 Å². The standard InChI is InChI=1S/C18H17FN2O5/c1-12(13-5-7-15(8-6-13)26-11-18(23)24)20-21-17(22)10-25-16-4-2-3-14(19)9-16/h2-9H,10-11H2,1H3,(H,21,22)(H,23,24)/b20-12-. The predicted octanol–water partition coefficient (Wildman–Crippen LogP) is 2.21. The zero-order valence-electron chi connectivity index (χ0n) is 13.9. The van der Waals surface area contributed by atoms with E-state index < -0.39 is 24.3 Å². The molecule has 2 rings (SSSR count). The Kier molecular flexibility index (Phi) is 6.67. The van der Waals surface area contributed by atoms with Gasteiger partial charge in [-0.05, 0) is 48.9 Å². The number of carboxylic acids is 1. The van der Waals surface area contributed by atoms with Gasteiger partial charge in [-0.25, -0.2) is 14.6 Å². The van der Waals surface area contributed by atoms with Crippen LogP contribution >= 0.6 is 0 Å². The average Bonchev–Trinajstić information content (AvgIpc) is 2.63. The molecule has 26 heavy (non-hydrogen) atoms. The van der Waals surface area contributed by atoms with Crippen LogP contribution in [0.3, 0.4) is 0 Å². The van der Waals surface area contributed by atoms with Crippen molar-refractivity contribution < 1.29 is 28.6 Å². The van der Waals surface area contributed by atoms with Crippen molar-refractivity contribution in [2.75, 3.05) is 13.2 Å². The highest BCUT2D eigenvalue weighted by atomic mass is 19.1. The summed E-state index contributed by atoms with van der Waals surface area (Å²) in [7, 11) is 0. The number of nitrogens with zero attached hydrogens (tertiary/aromatic N) is 1. The van der Waals surface area contributed by atoms with E-state index >= 15 is 0 Å². The molecule has 2 aromatic rings. The second-order valence-electron chi connectivity index (χ2n) is 5.19. The monoisotopic (exact) mass is 360 g/mol. The number of ether oxygens (including phenoxy) is 2. The van der Waals surface area contributed by atoms with Crippen molar-refractivity contribution in [1.29, 1.82) is 0 Å². The molecule has 136 valence electrons. The van der Waals surface area contributed by atoms with Crippen molar-refractivity contribution in [3.8, 4) is 11.5 Å². The van der Waals surface area contributed by atoms with Gasteiger partial charge in [0.05, 0.1) is 5.71 Å². The lowest BCUT2D eigenvalue weighted by Crippen LogP contribution is -2.25. The number of rotatable bonds is 8. The molecule has 8 heteroatoms. The maximum Gasteiger partial charge on any atom is 0.341 e. The fourth-order valence-corrected chi connectivity index (χ4v) is 1.89. The normalized spacial score (nSPS) is 10.9. The lowest BCUT2D eigenvalue weighted by atomic mass is 10.1. The number of hydrazone groups is 1. The molecule has 0 bridgehead atoms. The first-order valence-electron chi connectivity index (χ1n) is 7.60. The van der Waals surface area contributed by atoms with E-state index in [9.17, 15) is 14.0 Å². The zero-order chi connectivity index (χ0) is 18.9. The predicted molar refractivity (Wildman–Crippen MR) is 91.8 cm³/mol. The summed E-state index contributed by atoms with van der Waals surface area (Å²) in [6, 6.07) is 12.1. The summed E-state index contributed by atoms with van der Waals surface area (Å²) in [6.45, 7) is 0.969. The van der Waals surface area contributed by atoms with Crippen molar-refractivity contribution in [1.82, 2.24) is 5.43 Å². The van der Waals surface area contributed by atoms with E-state index in [2.05, 4.69) is 10.5 Å². The van der Waals surface area contributed by atoms with Crippen LogP contribution in [0.5, 0.6) is 11.5 Å². The third kappa shape index (κ3) is 6.23. The lowest BCUT2D eigenvalue weighted by Gasteiger charge is -2.07. The molecule has 0 fully saturated rings. The van der Waals surface area contributed by atoms with Gasteiger partial charge in [-0.2, -0.15) is 5.10 Å². The molecule has 0 unspecified atom stereocenters. The Hall–Kier alpha value is -3.42. The van der Waals surface area contributed by atoms with Gasteiger partial charge in [-0.3, -0.25) is 4.79 Å². The Morgan fingerprint density at radius 2 is 1.77 bits per heavy atom. The van der Waals surface area contributed by atoms with Crippen LogP contribution in [-0.2, 0) is 9.59 Å². The highest BCUT2D eigenvalue weighted by Gasteiger charge is 2.05. The SMILES string of the molecule is C/C(=N/NC(=O)COc1cccc(F)c1)c1ccc(OCC(=O)O)cc1. The van der Waals surface area contributed by atoms with Gasteiger partial charge in [0.25, 0.3) is 5.91 Å². The summed E-state index contributed by atoms with van der Waals surface area (Å²) in [6.07, 6.45) is 0. The van der Waals surface area contributed by atoms with Gasteiger partial charge < -0.3 is 14.6 Å². The number of carbonyl (C=O) groups is 2. The Balaban J connectivity index is 1.84. The molecule has 0 saturated carbocycles. The molecule has 2 aromatic carbocycles. The number of carbonyl (C=O) groups excluding carboxylic acids is 1. The van der Waals surface area contributed by atoms with Gasteiger partial charge in [0.15, 0.2) is 13.2 Å². The van der Waals surface area contributed by atoms with Crippen LogP contribution in [0.2, 0.25) is 0 Å². The van der Waals surface area contributed by atoms with Crippen molar-refractivity contribution in [2.24, 2.45) is 5.10 Å². The number of benzene rings is 2. The molecule has 0 aliphatic rings. The van der Waals surface area contributed by atoms with E-state index in [0.29, 0.717) is 11.5 Å². The molecule has 1 amide bonds. The van der Waals surface area contributed by atoms with Crippen molar-refractivity contribution in [3.63, 3.8) is 0 Å². The third-order valence-electron chi connectivity index (χ3n) is 3.15. The van der Waals surface area contributed by atoms with Crippen LogP contribution in [-0.4, -0.2) is 35.9 Å². The maximum atomic E-state index is 13.0. The minimum Gasteiger partial charge on any atom is -0.484 e. The molecule has 0 aliphatic carbocycles. The first kappa shape index (κ1) is 18.9. The number of amides is 1. The topological polar surface area (TPSA) is 97.2 Å². The molecule has 0 atom stereocenters. The van der Waals surface area contributed by atoms with Gasteiger partial charge in [-0.15, -0.1) is 0 Å². The largest absolute Gasteiger partial charge is 0.484 e. The number of nitrogens with one attached hydrogen (secondary N) is 1. The van der Waals surface area contributed by atoms with Crippen molar-refractivity contribution in [2.45, 2.75) is 6.92 Å².